The fourth-order valence-electron chi connectivity index (χ4n) is 12.8. The summed E-state index contributed by atoms with van der Waals surface area (Å²) in [5.41, 5.74) is 26.3. The van der Waals surface area contributed by atoms with E-state index in [4.69, 9.17) is 0 Å². The monoisotopic (exact) mass is 904 g/mol. The third-order valence-electron chi connectivity index (χ3n) is 15.9. The average Bonchev–Trinajstić information content (AvgIpc) is 4.10. The molecule has 4 aliphatic carbocycles. The molecule has 4 aliphatic rings. The Hall–Kier alpha value is -4.10. The molecule has 0 bridgehead atoms. The summed E-state index contributed by atoms with van der Waals surface area (Å²) < 4.78 is 6.73. The Labute approximate surface area is 375 Å². The zero-order valence-corrected chi connectivity index (χ0v) is 42.2. The first kappa shape index (κ1) is 41.9. The molecule has 6 aromatic rings. The molecule has 2 atom stereocenters. The van der Waals surface area contributed by atoms with Crippen LogP contribution in [-0.2, 0) is 17.4 Å². The fraction of sp³-hybridized carbons (Fsp3) is 0.333. The van der Waals surface area contributed by atoms with Crippen LogP contribution < -0.4 is 0 Å². The molecule has 314 valence electrons. The van der Waals surface area contributed by atoms with Gasteiger partial charge in [0.1, 0.15) is 0 Å². The average molecular weight is 906 g/mol. The molecule has 62 heavy (non-hydrogen) atoms. The van der Waals surface area contributed by atoms with E-state index in [1.54, 1.807) is 22.3 Å². The van der Waals surface area contributed by atoms with Crippen LogP contribution in [0.1, 0.15) is 116 Å². The Kier molecular flexibility index (Phi) is 11.1. The predicted molar refractivity (Wildman–Crippen MR) is 268 cm³/mol. The second kappa shape index (κ2) is 16.5. The van der Waals surface area contributed by atoms with E-state index >= 15 is 0 Å². The van der Waals surface area contributed by atoms with Crippen molar-refractivity contribution in [3.8, 4) is 44.5 Å². The van der Waals surface area contributed by atoms with Gasteiger partial charge in [-0.3, -0.25) is 0 Å². The van der Waals surface area contributed by atoms with Crippen molar-refractivity contribution in [1.82, 2.24) is 0 Å². The minimum atomic E-state index is -4.22. The van der Waals surface area contributed by atoms with Gasteiger partial charge in [-0.15, -0.1) is 0 Å². The van der Waals surface area contributed by atoms with Crippen molar-refractivity contribution in [3.05, 3.63) is 177 Å². The molecule has 0 heterocycles. The summed E-state index contributed by atoms with van der Waals surface area (Å²) >= 11 is -4.22. The molecule has 0 amide bonds. The molecule has 6 aromatic carbocycles. The van der Waals surface area contributed by atoms with Gasteiger partial charge in [-0.1, -0.05) is 0 Å². The summed E-state index contributed by atoms with van der Waals surface area (Å²) in [5, 5.41) is 0. The number of allylic oxidation sites excluding steroid dienone is 2. The molecular weight excluding hydrogens is 840 g/mol. The van der Waals surface area contributed by atoms with Crippen molar-refractivity contribution in [2.75, 3.05) is 0 Å². The van der Waals surface area contributed by atoms with Gasteiger partial charge in [-0.05, 0) is 0 Å². The Balaban J connectivity index is 1.26. The first-order valence-electron chi connectivity index (χ1n) is 24.0. The number of rotatable bonds is 10. The van der Waals surface area contributed by atoms with E-state index in [9.17, 15) is 0 Å². The van der Waals surface area contributed by atoms with Crippen molar-refractivity contribution < 1.29 is 17.4 Å². The van der Waals surface area contributed by atoms with Gasteiger partial charge in [-0.25, -0.2) is 0 Å². The Morgan fingerprint density at radius 1 is 0.403 bits per heavy atom. The zero-order valence-electron chi connectivity index (χ0n) is 38.3. The van der Waals surface area contributed by atoms with Crippen molar-refractivity contribution in [2.45, 2.75) is 108 Å². The quantitative estimate of drug-likeness (QED) is 0.120. The molecule has 0 saturated heterocycles. The summed E-state index contributed by atoms with van der Waals surface area (Å²) in [7, 11) is 0. The number of fused-ring (bicyclic) bond motifs is 2. The van der Waals surface area contributed by atoms with Gasteiger partial charge >= 0.3 is 378 Å². The first-order chi connectivity index (χ1) is 29.9. The molecule has 0 aromatic heterocycles. The van der Waals surface area contributed by atoms with E-state index in [1.807, 2.05) is 0 Å². The molecule has 2 heteroatoms. The fourth-order valence-corrected chi connectivity index (χ4v) is 32.3. The van der Waals surface area contributed by atoms with Crippen molar-refractivity contribution in [3.63, 3.8) is 0 Å². The van der Waals surface area contributed by atoms with Crippen LogP contribution in [0.25, 0.3) is 56.7 Å². The van der Waals surface area contributed by atoms with Crippen molar-refractivity contribution >= 4 is 19.0 Å². The third kappa shape index (κ3) is 7.70. The summed E-state index contributed by atoms with van der Waals surface area (Å²) in [6.45, 7) is 11.5. The molecule has 2 fully saturated rings. The van der Waals surface area contributed by atoms with Crippen molar-refractivity contribution in [1.29, 1.82) is 0 Å². The SMILES string of the molecule is Cc1ccc(-c2ccc(-c3ccc(C)cc3)c3c2C=C(CC2CCCC2)[CH]3[Zr]([CH3])([CH3])(=[SiH2])[CH]2C(CC3CCCC3)=Cc3c(-c4ccc(C)cc4)ccc(-c4ccc(C)cc4)c32)cc1. The predicted octanol–water partition coefficient (Wildman–Crippen LogP) is 16.7. The van der Waals surface area contributed by atoms with Crippen LogP contribution in [0.3, 0.4) is 0 Å². The van der Waals surface area contributed by atoms with Crippen LogP contribution in [0, 0.1) is 39.5 Å². The van der Waals surface area contributed by atoms with Crippen LogP contribution in [0.2, 0.25) is 9.26 Å². The van der Waals surface area contributed by atoms with Crippen LogP contribution >= 0.6 is 0 Å². The van der Waals surface area contributed by atoms with Crippen LogP contribution in [0.15, 0.2) is 132 Å². The van der Waals surface area contributed by atoms with E-state index in [-0.39, 0.29) is 0 Å². The summed E-state index contributed by atoms with van der Waals surface area (Å²) in [6.07, 6.45) is 19.0. The number of hydrogen-bond donors (Lipinski definition) is 0. The maximum atomic E-state index is 2.93. The van der Waals surface area contributed by atoms with Crippen LogP contribution in [0.5, 0.6) is 0 Å². The molecule has 0 aliphatic heterocycles. The van der Waals surface area contributed by atoms with E-state index in [0.29, 0.717) is 7.25 Å². The summed E-state index contributed by atoms with van der Waals surface area (Å²) in [4.78, 5) is 0. The number of benzene rings is 6. The molecule has 2 saturated carbocycles. The first-order valence-corrected chi connectivity index (χ1v) is 37.7. The Morgan fingerprint density at radius 3 is 0.984 bits per heavy atom. The second-order valence-corrected chi connectivity index (χ2v) is 51.9. The number of aryl methyl sites for hydroxylation is 4. The Morgan fingerprint density at radius 2 is 0.677 bits per heavy atom. The third-order valence-corrected chi connectivity index (χ3v) is 33.3. The minimum absolute atomic E-state index is 0.434. The van der Waals surface area contributed by atoms with Gasteiger partial charge in [0.2, 0.25) is 0 Å². The van der Waals surface area contributed by atoms with Gasteiger partial charge in [0.25, 0.3) is 0 Å². The van der Waals surface area contributed by atoms with Gasteiger partial charge in [0.05, 0.1) is 0 Å². The molecule has 2 unspecified atom stereocenters. The topological polar surface area (TPSA) is 0 Å². The second-order valence-electron chi connectivity index (χ2n) is 21.4. The summed E-state index contributed by atoms with van der Waals surface area (Å²) in [5.74, 6) is 1.55. The molecule has 0 spiro atoms. The van der Waals surface area contributed by atoms with E-state index < -0.39 is 17.4 Å². The van der Waals surface area contributed by atoms with Gasteiger partial charge < -0.3 is 0 Å². The molecule has 0 nitrogen and oxygen atoms in total. The normalized spacial score (nSPS) is 19.1. The van der Waals surface area contributed by atoms with Crippen LogP contribution in [0.4, 0.5) is 0 Å². The van der Waals surface area contributed by atoms with E-state index in [0.717, 1.165) is 11.8 Å². The van der Waals surface area contributed by atoms with Crippen LogP contribution in [-0.4, -0.2) is 6.88 Å². The Bertz CT molecular complexity index is 2590. The standard InChI is InChI=1S/2C29H29.2CH3.H2Si.Zr/c2*1-20-7-11-24(12-8-20)26-15-16-27(25-13-9-21(2)10-14-25)29-19-23(18-28(26)29)17-22-5-3-4-6-22;;;;/h2*7-16,18-19,22H,3-6,17H2,1-2H3;2*1H3;1H2;. The van der Waals surface area contributed by atoms with Crippen molar-refractivity contribution in [2.24, 2.45) is 11.8 Å². The van der Waals surface area contributed by atoms with Gasteiger partial charge in [0.15, 0.2) is 0 Å². The summed E-state index contributed by atoms with van der Waals surface area (Å²) in [6, 6.07) is 47.7. The maximum absolute atomic E-state index is 4.22. The number of hydrogen-bond acceptors (Lipinski definition) is 0. The van der Waals surface area contributed by atoms with Gasteiger partial charge in [0, 0.05) is 0 Å². The van der Waals surface area contributed by atoms with Gasteiger partial charge in [-0.2, -0.15) is 0 Å². The van der Waals surface area contributed by atoms with E-state index in [1.165, 1.54) is 142 Å². The molecule has 0 radical (unpaired) electrons. The zero-order chi connectivity index (χ0) is 42.8. The van der Waals surface area contributed by atoms with E-state index in [2.05, 4.69) is 177 Å². The molecular formula is C60H66SiZr. The molecule has 0 N–H and O–H groups in total. The molecule has 10 rings (SSSR count).